The summed E-state index contributed by atoms with van der Waals surface area (Å²) in [6.45, 7) is 4.70. The van der Waals surface area contributed by atoms with E-state index in [1.54, 1.807) is 0 Å². The lowest BCUT2D eigenvalue weighted by molar-refractivity contribution is -0.307. The Kier molecular flexibility index (Phi) is 9.23. The van der Waals surface area contributed by atoms with Crippen LogP contribution in [-0.4, -0.2) is 75.6 Å². The Morgan fingerprint density at radius 1 is 0.815 bits per heavy atom. The Morgan fingerprint density at radius 3 is 1.81 bits per heavy atom. The predicted octanol–water partition coefficient (Wildman–Crippen LogP) is -0.862. The van der Waals surface area contributed by atoms with Crippen LogP contribution in [0.3, 0.4) is 0 Å². The zero-order chi connectivity index (χ0) is 20.6. The average Bonchev–Trinajstić information content (AvgIpc) is 2.54. The molecule has 152 valence electrons. The summed E-state index contributed by atoms with van der Waals surface area (Å²) < 4.78 is 32.0. The normalized spacial score (nSPS) is 27.3. The minimum Gasteiger partial charge on any atom is -0.463 e. The van der Waals surface area contributed by atoms with E-state index in [1.807, 2.05) is 7.85 Å². The Balaban J connectivity index is 3.22. The van der Waals surface area contributed by atoms with Gasteiger partial charge in [-0.25, -0.2) is 0 Å². The van der Waals surface area contributed by atoms with Gasteiger partial charge in [0.05, 0.1) is 0 Å². The van der Waals surface area contributed by atoms with E-state index in [0.717, 1.165) is 13.8 Å². The summed E-state index contributed by atoms with van der Waals surface area (Å²) in [5, 5.41) is 0. The first-order valence-electron chi connectivity index (χ1n) is 8.57. The molecule has 1 unspecified atom stereocenters. The van der Waals surface area contributed by atoms with Gasteiger partial charge in [-0.3, -0.25) is 19.2 Å². The van der Waals surface area contributed by atoms with Crippen molar-refractivity contribution in [1.82, 2.24) is 0 Å². The molecule has 0 bridgehead atoms. The van der Waals surface area contributed by atoms with E-state index in [4.69, 9.17) is 28.4 Å². The van der Waals surface area contributed by atoms with Crippen molar-refractivity contribution >= 4 is 31.7 Å². The molecule has 11 heteroatoms. The van der Waals surface area contributed by atoms with E-state index in [9.17, 15) is 19.2 Å². The van der Waals surface area contributed by atoms with E-state index in [2.05, 4.69) is 0 Å². The Bertz CT molecular complexity index is 551. The Morgan fingerprint density at radius 2 is 1.33 bits per heavy atom. The quantitative estimate of drug-likeness (QED) is 0.295. The maximum atomic E-state index is 11.6. The van der Waals surface area contributed by atoms with Gasteiger partial charge in [0.1, 0.15) is 20.6 Å². The van der Waals surface area contributed by atoms with Crippen molar-refractivity contribution in [2.24, 2.45) is 0 Å². The molecule has 1 rings (SSSR count). The average molecular weight is 388 g/mol. The third-order valence-electron chi connectivity index (χ3n) is 3.43. The van der Waals surface area contributed by atoms with Gasteiger partial charge in [-0.2, -0.15) is 0 Å². The van der Waals surface area contributed by atoms with Crippen molar-refractivity contribution in [3.05, 3.63) is 0 Å². The van der Waals surface area contributed by atoms with Crippen LogP contribution in [0.25, 0.3) is 0 Å². The van der Waals surface area contributed by atoms with Gasteiger partial charge in [0.2, 0.25) is 0 Å². The second-order valence-corrected chi connectivity index (χ2v) is 5.94. The topological polar surface area (TPSA) is 124 Å². The van der Waals surface area contributed by atoms with E-state index in [1.165, 1.54) is 13.8 Å². The summed E-state index contributed by atoms with van der Waals surface area (Å²) in [5.74, 6) is -2.59. The first-order chi connectivity index (χ1) is 12.6. The fraction of sp³-hybridized carbons (Fsp3) is 0.750. The molecular weight excluding hydrogens is 363 g/mol. The van der Waals surface area contributed by atoms with Crippen LogP contribution in [0.15, 0.2) is 0 Å². The number of hydrogen-bond acceptors (Lipinski definition) is 10. The molecule has 1 heterocycles. The highest BCUT2D eigenvalue weighted by atomic mass is 16.7. The highest BCUT2D eigenvalue weighted by molar-refractivity contribution is 6.08. The fourth-order valence-corrected chi connectivity index (χ4v) is 2.56. The van der Waals surface area contributed by atoms with Gasteiger partial charge >= 0.3 is 23.9 Å². The van der Waals surface area contributed by atoms with Crippen LogP contribution >= 0.6 is 0 Å². The van der Waals surface area contributed by atoms with Gasteiger partial charge in [0.15, 0.2) is 24.6 Å². The van der Waals surface area contributed by atoms with Gasteiger partial charge in [-0.15, -0.1) is 0 Å². The monoisotopic (exact) mass is 388 g/mol. The molecule has 0 aromatic carbocycles. The standard InChI is InChI=1S/C16H25BO10/c1-8(18)23-7-12-13(24-9(2)19)14(25-10(3)20)15(26-11(4)21)16(27-12)22-6-5-17/h12-16H,5-7,17H2,1-4H3/t12-,13-,14+,15+,16?/m1/s1. The van der Waals surface area contributed by atoms with Crippen LogP contribution in [0.5, 0.6) is 0 Å². The molecule has 0 aromatic heterocycles. The molecule has 0 N–H and O–H groups in total. The molecule has 0 saturated carbocycles. The molecule has 5 atom stereocenters. The summed E-state index contributed by atoms with van der Waals surface area (Å²) in [6.07, 6.45) is -4.99. The maximum absolute atomic E-state index is 11.6. The molecule has 1 saturated heterocycles. The molecule has 1 aliphatic heterocycles. The zero-order valence-electron chi connectivity index (χ0n) is 16.1. The first kappa shape index (κ1) is 22.9. The summed E-state index contributed by atoms with van der Waals surface area (Å²) in [4.78, 5) is 45.8. The van der Waals surface area contributed by atoms with Crippen LogP contribution in [0.2, 0.25) is 6.32 Å². The van der Waals surface area contributed by atoms with Crippen LogP contribution in [0, 0.1) is 0 Å². The summed E-state index contributed by atoms with van der Waals surface area (Å²) in [5.41, 5.74) is 0. The Labute approximate surface area is 158 Å². The molecule has 10 nitrogen and oxygen atoms in total. The smallest absolute Gasteiger partial charge is 0.303 e. The third-order valence-corrected chi connectivity index (χ3v) is 3.43. The van der Waals surface area contributed by atoms with Crippen molar-refractivity contribution in [1.29, 1.82) is 0 Å². The van der Waals surface area contributed by atoms with Crippen LogP contribution in [0.1, 0.15) is 27.7 Å². The molecule has 0 radical (unpaired) electrons. The number of hydrogen-bond donors (Lipinski definition) is 0. The molecule has 0 aliphatic carbocycles. The minimum atomic E-state index is -1.20. The highest BCUT2D eigenvalue weighted by Gasteiger charge is 2.52. The van der Waals surface area contributed by atoms with Gasteiger partial charge in [0, 0.05) is 34.3 Å². The lowest BCUT2D eigenvalue weighted by Gasteiger charge is -2.44. The van der Waals surface area contributed by atoms with Crippen molar-refractivity contribution in [2.45, 2.75) is 64.7 Å². The predicted molar refractivity (Wildman–Crippen MR) is 91.3 cm³/mol. The summed E-state index contributed by atoms with van der Waals surface area (Å²) >= 11 is 0. The number of carbonyl (C=O) groups excluding carboxylic acids is 4. The second-order valence-electron chi connectivity index (χ2n) is 5.94. The molecule has 0 aromatic rings. The largest absolute Gasteiger partial charge is 0.463 e. The molecule has 0 amide bonds. The maximum Gasteiger partial charge on any atom is 0.303 e. The van der Waals surface area contributed by atoms with Crippen molar-refractivity contribution in [2.75, 3.05) is 13.2 Å². The first-order valence-corrected chi connectivity index (χ1v) is 8.57. The Hall–Kier alpha value is -2.14. The molecular formula is C16H25BO10. The summed E-state index contributed by atoms with van der Waals surface area (Å²) in [6, 6.07) is 0. The zero-order valence-corrected chi connectivity index (χ0v) is 16.1. The van der Waals surface area contributed by atoms with Gasteiger partial charge in [-0.05, 0) is 0 Å². The SMILES string of the molecule is BCCOC1O[C@H](COC(C)=O)[C@@H](OC(C)=O)[C@H](OC(C)=O)[C@@H]1OC(C)=O. The minimum absolute atomic E-state index is 0.272. The van der Waals surface area contributed by atoms with E-state index < -0.39 is 54.6 Å². The van der Waals surface area contributed by atoms with Gasteiger partial charge in [-0.1, -0.05) is 6.32 Å². The number of ether oxygens (including phenoxy) is 6. The van der Waals surface area contributed by atoms with E-state index in [-0.39, 0.29) is 13.2 Å². The summed E-state index contributed by atoms with van der Waals surface area (Å²) in [7, 11) is 1.87. The van der Waals surface area contributed by atoms with Crippen molar-refractivity contribution in [3.63, 3.8) is 0 Å². The molecule has 0 spiro atoms. The van der Waals surface area contributed by atoms with Gasteiger partial charge in [0.25, 0.3) is 0 Å². The number of carbonyl (C=O) groups is 4. The van der Waals surface area contributed by atoms with Crippen LogP contribution in [-0.2, 0) is 47.6 Å². The molecule has 1 aliphatic rings. The fourth-order valence-electron chi connectivity index (χ4n) is 2.56. The van der Waals surface area contributed by atoms with Crippen LogP contribution < -0.4 is 0 Å². The lowest BCUT2D eigenvalue weighted by atomic mass is 9.98. The third kappa shape index (κ3) is 7.55. The number of rotatable bonds is 8. The van der Waals surface area contributed by atoms with Gasteiger partial charge < -0.3 is 28.4 Å². The van der Waals surface area contributed by atoms with Crippen molar-refractivity contribution in [3.8, 4) is 0 Å². The molecule has 27 heavy (non-hydrogen) atoms. The number of esters is 4. The molecule has 1 fully saturated rings. The highest BCUT2D eigenvalue weighted by Crippen LogP contribution is 2.29. The van der Waals surface area contributed by atoms with Crippen LogP contribution in [0.4, 0.5) is 0 Å². The van der Waals surface area contributed by atoms with Crippen molar-refractivity contribution < 1.29 is 47.6 Å². The van der Waals surface area contributed by atoms with E-state index in [0.29, 0.717) is 6.32 Å². The van der Waals surface area contributed by atoms with E-state index >= 15 is 0 Å². The lowest BCUT2D eigenvalue weighted by Crippen LogP contribution is -2.63. The second kappa shape index (κ2) is 10.9.